The van der Waals surface area contributed by atoms with Gasteiger partial charge in [-0.05, 0) is 50.9 Å². The molecule has 3 heterocycles. The lowest BCUT2D eigenvalue weighted by Crippen LogP contribution is -2.43. The van der Waals surface area contributed by atoms with E-state index < -0.39 is 11.7 Å². The lowest BCUT2D eigenvalue weighted by atomic mass is 10.0. The second-order valence-electron chi connectivity index (χ2n) is 6.61. The summed E-state index contributed by atoms with van der Waals surface area (Å²) in [6, 6.07) is 4.94. The van der Waals surface area contributed by atoms with Crippen molar-refractivity contribution in [3.8, 4) is 0 Å². The molecule has 0 N–H and O–H groups in total. The average Bonchev–Trinajstić information content (AvgIpc) is 3.23. The Kier molecular flexibility index (Phi) is 4.16. The van der Waals surface area contributed by atoms with Gasteiger partial charge in [0.2, 0.25) is 0 Å². The number of nitrogens with zero attached hydrogens (tertiary/aromatic N) is 3. The average molecular weight is 355 g/mol. The van der Waals surface area contributed by atoms with Crippen LogP contribution in [0.25, 0.3) is 10.2 Å². The van der Waals surface area contributed by atoms with E-state index in [9.17, 15) is 13.2 Å². The highest BCUT2D eigenvalue weighted by molar-refractivity contribution is 7.22. The number of piperidine rings is 1. The molecule has 0 unspecified atom stereocenters. The van der Waals surface area contributed by atoms with Crippen LogP contribution < -0.4 is 4.90 Å². The van der Waals surface area contributed by atoms with Gasteiger partial charge in [-0.15, -0.1) is 0 Å². The first kappa shape index (κ1) is 16.1. The number of thiazole rings is 1. The molecule has 0 amide bonds. The standard InChI is InChI=1S/C17H20F3N3S/c18-17(19,20)13-4-3-5-14-15(13)21-16(24-14)23-10-6-12(7-11-23)22-8-1-2-9-22/h3-5,12H,1-2,6-11H2. The predicted molar refractivity (Wildman–Crippen MR) is 90.7 cm³/mol. The molecule has 0 saturated carbocycles. The van der Waals surface area contributed by atoms with E-state index in [1.807, 2.05) is 0 Å². The quantitative estimate of drug-likeness (QED) is 0.797. The molecule has 1 aromatic carbocycles. The van der Waals surface area contributed by atoms with Gasteiger partial charge in [0.1, 0.15) is 0 Å². The molecule has 2 saturated heterocycles. The Hall–Kier alpha value is -1.34. The van der Waals surface area contributed by atoms with Gasteiger partial charge in [-0.1, -0.05) is 17.4 Å². The van der Waals surface area contributed by atoms with Crippen molar-refractivity contribution in [1.29, 1.82) is 0 Å². The van der Waals surface area contributed by atoms with E-state index in [2.05, 4.69) is 14.8 Å². The number of anilines is 1. The Labute approximate surface area is 143 Å². The lowest BCUT2D eigenvalue weighted by Gasteiger charge is -2.36. The fraction of sp³-hybridized carbons (Fsp3) is 0.588. The van der Waals surface area contributed by atoms with Gasteiger partial charge in [-0.3, -0.25) is 0 Å². The summed E-state index contributed by atoms with van der Waals surface area (Å²) in [5.41, 5.74) is -0.541. The van der Waals surface area contributed by atoms with Crippen molar-refractivity contribution in [3.05, 3.63) is 23.8 Å². The number of benzene rings is 1. The van der Waals surface area contributed by atoms with Gasteiger partial charge in [-0.25, -0.2) is 4.98 Å². The lowest BCUT2D eigenvalue weighted by molar-refractivity contribution is -0.136. The second kappa shape index (κ2) is 6.19. The van der Waals surface area contributed by atoms with Crippen molar-refractivity contribution in [2.75, 3.05) is 31.1 Å². The largest absolute Gasteiger partial charge is 0.418 e. The van der Waals surface area contributed by atoms with E-state index in [0.717, 1.165) is 37.1 Å². The van der Waals surface area contributed by atoms with Crippen LogP contribution in [0.3, 0.4) is 0 Å². The Balaban J connectivity index is 1.53. The third-order valence-electron chi connectivity index (χ3n) is 5.11. The number of rotatable bonds is 2. The molecular formula is C17H20F3N3S. The fourth-order valence-corrected chi connectivity index (χ4v) is 4.87. The third-order valence-corrected chi connectivity index (χ3v) is 6.19. The molecular weight excluding hydrogens is 335 g/mol. The van der Waals surface area contributed by atoms with Gasteiger partial charge in [0.25, 0.3) is 0 Å². The summed E-state index contributed by atoms with van der Waals surface area (Å²) < 4.78 is 40.0. The van der Waals surface area contributed by atoms with Crippen LogP contribution in [-0.2, 0) is 6.18 Å². The summed E-state index contributed by atoms with van der Waals surface area (Å²) in [5, 5.41) is 0.724. The molecule has 2 fully saturated rings. The van der Waals surface area contributed by atoms with E-state index >= 15 is 0 Å². The molecule has 3 nitrogen and oxygen atoms in total. The van der Waals surface area contributed by atoms with Crippen LogP contribution in [0, 0.1) is 0 Å². The molecule has 0 aliphatic carbocycles. The highest BCUT2D eigenvalue weighted by Crippen LogP contribution is 2.39. The first-order valence-electron chi connectivity index (χ1n) is 8.48. The highest BCUT2D eigenvalue weighted by Gasteiger charge is 2.34. The molecule has 2 aromatic rings. The number of likely N-dealkylation sites (tertiary alicyclic amines) is 1. The van der Waals surface area contributed by atoms with E-state index in [0.29, 0.717) is 10.7 Å². The van der Waals surface area contributed by atoms with Crippen LogP contribution in [0.2, 0.25) is 0 Å². The second-order valence-corrected chi connectivity index (χ2v) is 7.62. The van der Waals surface area contributed by atoms with Gasteiger partial charge < -0.3 is 9.80 Å². The zero-order chi connectivity index (χ0) is 16.7. The van der Waals surface area contributed by atoms with E-state index in [1.165, 1.54) is 43.3 Å². The van der Waals surface area contributed by atoms with Crippen molar-refractivity contribution >= 4 is 26.7 Å². The normalized spacial score (nSPS) is 21.0. The van der Waals surface area contributed by atoms with Crippen LogP contribution in [0.15, 0.2) is 18.2 Å². The number of fused-ring (bicyclic) bond motifs is 1. The van der Waals surface area contributed by atoms with Gasteiger partial charge in [0.15, 0.2) is 5.13 Å². The monoisotopic (exact) mass is 355 g/mol. The number of alkyl halides is 3. The molecule has 7 heteroatoms. The Bertz CT molecular complexity index is 713. The van der Waals surface area contributed by atoms with Crippen molar-refractivity contribution in [2.45, 2.75) is 37.9 Å². The third kappa shape index (κ3) is 2.99. The van der Waals surface area contributed by atoms with Crippen LogP contribution in [-0.4, -0.2) is 42.1 Å². The Morgan fingerprint density at radius 3 is 2.42 bits per heavy atom. The molecule has 2 aliphatic heterocycles. The number of hydrogen-bond donors (Lipinski definition) is 0. The summed E-state index contributed by atoms with van der Waals surface area (Å²) in [7, 11) is 0. The zero-order valence-corrected chi connectivity index (χ0v) is 14.2. The number of para-hydroxylation sites is 1. The minimum Gasteiger partial charge on any atom is -0.348 e. The minimum atomic E-state index is -4.35. The predicted octanol–water partition coefficient (Wildman–Crippen LogP) is 4.38. The summed E-state index contributed by atoms with van der Waals surface area (Å²) in [6.07, 6.45) is 0.369. The molecule has 0 radical (unpaired) electrons. The first-order chi connectivity index (χ1) is 11.5. The van der Waals surface area contributed by atoms with Gasteiger partial charge in [-0.2, -0.15) is 13.2 Å². The maximum atomic E-state index is 13.1. The molecule has 0 atom stereocenters. The molecule has 1 aromatic heterocycles. The van der Waals surface area contributed by atoms with E-state index in [-0.39, 0.29) is 5.52 Å². The van der Waals surface area contributed by atoms with Crippen molar-refractivity contribution in [1.82, 2.24) is 9.88 Å². The smallest absolute Gasteiger partial charge is 0.348 e. The zero-order valence-electron chi connectivity index (χ0n) is 13.4. The number of aromatic nitrogens is 1. The number of halogens is 3. The van der Waals surface area contributed by atoms with Crippen LogP contribution in [0.4, 0.5) is 18.3 Å². The van der Waals surface area contributed by atoms with E-state index in [4.69, 9.17) is 0 Å². The molecule has 0 spiro atoms. The van der Waals surface area contributed by atoms with Crippen molar-refractivity contribution in [3.63, 3.8) is 0 Å². The van der Waals surface area contributed by atoms with Crippen molar-refractivity contribution in [2.24, 2.45) is 0 Å². The SMILES string of the molecule is FC(F)(F)c1cccc2sc(N3CCC(N4CCCC4)CC3)nc12. The van der Waals surface area contributed by atoms with Crippen LogP contribution >= 0.6 is 11.3 Å². The summed E-state index contributed by atoms with van der Waals surface area (Å²) in [5.74, 6) is 0. The maximum absolute atomic E-state index is 13.1. The van der Waals surface area contributed by atoms with Gasteiger partial charge in [0, 0.05) is 19.1 Å². The van der Waals surface area contributed by atoms with Crippen LogP contribution in [0.1, 0.15) is 31.2 Å². The molecule has 130 valence electrons. The Morgan fingerprint density at radius 1 is 1.04 bits per heavy atom. The summed E-state index contributed by atoms with van der Waals surface area (Å²) >= 11 is 1.37. The molecule has 2 aliphatic rings. The summed E-state index contributed by atoms with van der Waals surface area (Å²) in [4.78, 5) is 9.05. The Morgan fingerprint density at radius 2 is 1.75 bits per heavy atom. The number of hydrogen-bond acceptors (Lipinski definition) is 4. The minimum absolute atomic E-state index is 0.0895. The van der Waals surface area contributed by atoms with Crippen LogP contribution in [0.5, 0.6) is 0 Å². The van der Waals surface area contributed by atoms with E-state index in [1.54, 1.807) is 6.07 Å². The highest BCUT2D eigenvalue weighted by atomic mass is 32.1. The maximum Gasteiger partial charge on any atom is 0.418 e. The molecule has 4 rings (SSSR count). The van der Waals surface area contributed by atoms with Gasteiger partial charge in [0.05, 0.1) is 15.8 Å². The molecule has 0 bridgehead atoms. The van der Waals surface area contributed by atoms with Crippen molar-refractivity contribution < 1.29 is 13.2 Å². The van der Waals surface area contributed by atoms with Gasteiger partial charge >= 0.3 is 6.18 Å². The first-order valence-corrected chi connectivity index (χ1v) is 9.30. The fourth-order valence-electron chi connectivity index (χ4n) is 3.83. The summed E-state index contributed by atoms with van der Waals surface area (Å²) in [6.45, 7) is 4.15. The molecule has 24 heavy (non-hydrogen) atoms. The topological polar surface area (TPSA) is 19.4 Å².